The molecule has 0 aliphatic heterocycles. The van der Waals surface area contributed by atoms with Crippen LogP contribution in [0.25, 0.3) is 6.08 Å². The highest BCUT2D eigenvalue weighted by Gasteiger charge is 2.26. The fourth-order valence-electron chi connectivity index (χ4n) is 3.12. The van der Waals surface area contributed by atoms with Crippen LogP contribution in [0.4, 0.5) is 0 Å². The van der Waals surface area contributed by atoms with E-state index in [0.717, 1.165) is 5.56 Å². The lowest BCUT2D eigenvalue weighted by Gasteiger charge is -2.23. The van der Waals surface area contributed by atoms with Gasteiger partial charge in [-0.1, -0.05) is 24.3 Å². The zero-order valence-electron chi connectivity index (χ0n) is 16.7. The van der Waals surface area contributed by atoms with Gasteiger partial charge in [0.1, 0.15) is 23.0 Å². The van der Waals surface area contributed by atoms with Crippen LogP contribution in [0.1, 0.15) is 23.7 Å². The van der Waals surface area contributed by atoms with Crippen molar-refractivity contribution in [1.29, 1.82) is 0 Å². The standard InChI is InChI=1S/C22H28O6/c1-25-17-10-6-11-18(26-2)16(17)9-5-8-15(14-23)22(24)21-19(27-3)12-7-13-20(21)28-4/h5-7,9-13,15,22-24H,8,14H2,1-4H3/b9-5+/t15-,22-/m0/s1. The number of methoxy groups -OCH3 is 4. The van der Waals surface area contributed by atoms with Crippen LogP contribution in [0.3, 0.4) is 0 Å². The molecular weight excluding hydrogens is 360 g/mol. The summed E-state index contributed by atoms with van der Waals surface area (Å²) in [6.45, 7) is -0.199. The molecule has 0 radical (unpaired) electrons. The summed E-state index contributed by atoms with van der Waals surface area (Å²) in [5.41, 5.74) is 1.32. The largest absolute Gasteiger partial charge is 0.496 e. The molecule has 0 aromatic heterocycles. The number of aliphatic hydroxyl groups excluding tert-OH is 2. The summed E-state index contributed by atoms with van der Waals surface area (Å²) in [7, 11) is 6.26. The van der Waals surface area contributed by atoms with Gasteiger partial charge in [0.05, 0.1) is 45.7 Å². The van der Waals surface area contributed by atoms with Crippen LogP contribution in [0, 0.1) is 5.92 Å². The first kappa shape index (κ1) is 21.6. The molecule has 0 fully saturated rings. The van der Waals surface area contributed by atoms with Crippen molar-refractivity contribution in [2.75, 3.05) is 35.0 Å². The lowest BCUT2D eigenvalue weighted by Crippen LogP contribution is -2.17. The molecule has 0 heterocycles. The minimum Gasteiger partial charge on any atom is -0.496 e. The molecule has 0 saturated heterocycles. The van der Waals surface area contributed by atoms with E-state index >= 15 is 0 Å². The van der Waals surface area contributed by atoms with E-state index in [0.29, 0.717) is 35.0 Å². The molecule has 28 heavy (non-hydrogen) atoms. The number of hydrogen-bond acceptors (Lipinski definition) is 6. The van der Waals surface area contributed by atoms with Crippen molar-refractivity contribution in [2.24, 2.45) is 5.92 Å². The summed E-state index contributed by atoms with van der Waals surface area (Å²) in [4.78, 5) is 0. The van der Waals surface area contributed by atoms with Crippen molar-refractivity contribution in [3.63, 3.8) is 0 Å². The van der Waals surface area contributed by atoms with Gasteiger partial charge in [-0.25, -0.2) is 0 Å². The van der Waals surface area contributed by atoms with Gasteiger partial charge in [0, 0.05) is 12.5 Å². The van der Waals surface area contributed by atoms with E-state index in [1.807, 2.05) is 30.4 Å². The third-order valence-corrected chi connectivity index (χ3v) is 4.63. The minimum absolute atomic E-state index is 0.199. The van der Waals surface area contributed by atoms with Crippen LogP contribution in [0.15, 0.2) is 42.5 Å². The Morgan fingerprint density at radius 3 is 1.71 bits per heavy atom. The molecule has 2 atom stereocenters. The first-order chi connectivity index (χ1) is 13.6. The molecule has 0 aliphatic rings. The molecule has 0 amide bonds. The van der Waals surface area contributed by atoms with Gasteiger partial charge in [-0.15, -0.1) is 0 Å². The van der Waals surface area contributed by atoms with E-state index < -0.39 is 12.0 Å². The molecule has 0 bridgehead atoms. The zero-order chi connectivity index (χ0) is 20.5. The Hall–Kier alpha value is -2.70. The Morgan fingerprint density at radius 2 is 1.29 bits per heavy atom. The van der Waals surface area contributed by atoms with E-state index in [1.54, 1.807) is 32.4 Å². The number of aliphatic hydroxyl groups is 2. The number of rotatable bonds is 10. The zero-order valence-corrected chi connectivity index (χ0v) is 16.7. The maximum absolute atomic E-state index is 10.9. The van der Waals surface area contributed by atoms with Crippen molar-refractivity contribution >= 4 is 6.08 Å². The van der Waals surface area contributed by atoms with Crippen molar-refractivity contribution in [3.05, 3.63) is 53.6 Å². The van der Waals surface area contributed by atoms with Gasteiger partial charge >= 0.3 is 0 Å². The smallest absolute Gasteiger partial charge is 0.129 e. The average molecular weight is 388 g/mol. The van der Waals surface area contributed by atoms with Crippen molar-refractivity contribution < 1.29 is 29.2 Å². The summed E-state index contributed by atoms with van der Waals surface area (Å²) >= 11 is 0. The van der Waals surface area contributed by atoms with Crippen molar-refractivity contribution in [1.82, 2.24) is 0 Å². The first-order valence-electron chi connectivity index (χ1n) is 8.98. The van der Waals surface area contributed by atoms with Crippen molar-refractivity contribution in [2.45, 2.75) is 12.5 Å². The van der Waals surface area contributed by atoms with Crippen LogP contribution >= 0.6 is 0 Å². The molecule has 152 valence electrons. The van der Waals surface area contributed by atoms with Crippen LogP contribution < -0.4 is 18.9 Å². The summed E-state index contributed by atoms with van der Waals surface area (Å²) in [6.07, 6.45) is 3.22. The quantitative estimate of drug-likeness (QED) is 0.649. The fraction of sp³-hybridized carbons (Fsp3) is 0.364. The highest BCUT2D eigenvalue weighted by Crippen LogP contribution is 2.38. The molecule has 6 heteroatoms. The van der Waals surface area contributed by atoms with Crippen molar-refractivity contribution in [3.8, 4) is 23.0 Å². The normalized spacial score (nSPS) is 13.2. The van der Waals surface area contributed by atoms with Gasteiger partial charge in [0.15, 0.2) is 0 Å². The number of benzene rings is 2. The summed E-state index contributed by atoms with van der Waals surface area (Å²) < 4.78 is 21.5. The average Bonchev–Trinajstić information content (AvgIpc) is 2.75. The van der Waals surface area contributed by atoms with E-state index in [9.17, 15) is 10.2 Å². The number of hydrogen-bond donors (Lipinski definition) is 2. The maximum atomic E-state index is 10.9. The monoisotopic (exact) mass is 388 g/mol. The van der Waals surface area contributed by atoms with E-state index in [4.69, 9.17) is 18.9 Å². The molecule has 2 rings (SSSR count). The molecule has 2 N–H and O–H groups in total. The maximum Gasteiger partial charge on any atom is 0.129 e. The fourth-order valence-corrected chi connectivity index (χ4v) is 3.12. The molecule has 2 aromatic rings. The van der Waals surface area contributed by atoms with Gasteiger partial charge in [-0.3, -0.25) is 0 Å². The van der Waals surface area contributed by atoms with Crippen LogP contribution in [-0.4, -0.2) is 45.3 Å². The Kier molecular flexibility index (Phi) is 8.17. The third-order valence-electron chi connectivity index (χ3n) is 4.63. The van der Waals surface area contributed by atoms with E-state index in [2.05, 4.69) is 0 Å². The molecule has 0 aliphatic carbocycles. The lowest BCUT2D eigenvalue weighted by atomic mass is 9.91. The highest BCUT2D eigenvalue weighted by atomic mass is 16.5. The van der Waals surface area contributed by atoms with E-state index in [-0.39, 0.29) is 6.61 Å². The molecule has 0 spiro atoms. The SMILES string of the molecule is COc1cccc(OC)c1/C=C/C[C@@H](CO)[C@H](O)c1c(OC)cccc1OC. The molecular formula is C22H28O6. The summed E-state index contributed by atoms with van der Waals surface area (Å²) in [5.74, 6) is 1.95. The topological polar surface area (TPSA) is 77.4 Å². The highest BCUT2D eigenvalue weighted by molar-refractivity contribution is 5.64. The molecule has 0 unspecified atom stereocenters. The number of allylic oxidation sites excluding steroid dienone is 1. The second-order valence-corrected chi connectivity index (χ2v) is 6.18. The Bertz CT molecular complexity index is 742. The van der Waals surface area contributed by atoms with Crippen LogP contribution in [0.2, 0.25) is 0 Å². The van der Waals surface area contributed by atoms with Gasteiger partial charge in [-0.05, 0) is 30.7 Å². The summed E-state index contributed by atoms with van der Waals surface area (Å²) in [6, 6.07) is 10.8. The second-order valence-electron chi connectivity index (χ2n) is 6.18. The minimum atomic E-state index is -0.958. The van der Waals surface area contributed by atoms with Crippen LogP contribution in [0.5, 0.6) is 23.0 Å². The lowest BCUT2D eigenvalue weighted by molar-refractivity contribution is 0.0646. The predicted octanol–water partition coefficient (Wildman–Crippen LogP) is 3.47. The third kappa shape index (κ3) is 4.77. The number of ether oxygens (including phenoxy) is 4. The Labute approximate surface area is 165 Å². The second kappa shape index (κ2) is 10.6. The van der Waals surface area contributed by atoms with Gasteiger partial charge in [0.25, 0.3) is 0 Å². The van der Waals surface area contributed by atoms with Gasteiger partial charge < -0.3 is 29.2 Å². The molecule has 2 aromatic carbocycles. The van der Waals surface area contributed by atoms with Gasteiger partial charge in [0.2, 0.25) is 0 Å². The Morgan fingerprint density at radius 1 is 0.821 bits per heavy atom. The van der Waals surface area contributed by atoms with Crippen LogP contribution in [-0.2, 0) is 0 Å². The predicted molar refractivity (Wildman–Crippen MR) is 108 cm³/mol. The molecule has 0 saturated carbocycles. The van der Waals surface area contributed by atoms with Gasteiger partial charge in [-0.2, -0.15) is 0 Å². The molecule has 6 nitrogen and oxygen atoms in total. The first-order valence-corrected chi connectivity index (χ1v) is 8.98. The summed E-state index contributed by atoms with van der Waals surface area (Å²) in [5, 5.41) is 20.8. The van der Waals surface area contributed by atoms with E-state index in [1.165, 1.54) is 14.2 Å². The Balaban J connectivity index is 2.26.